The van der Waals surface area contributed by atoms with Gasteiger partial charge in [-0.25, -0.2) is 9.97 Å². The Hall–Kier alpha value is -6.12. The van der Waals surface area contributed by atoms with E-state index in [4.69, 9.17) is 9.97 Å². The van der Waals surface area contributed by atoms with Crippen LogP contribution in [0.2, 0.25) is 0 Å². The molecule has 0 amide bonds. The molecule has 9 aromatic rings. The first kappa shape index (κ1) is 26.3. The van der Waals surface area contributed by atoms with Gasteiger partial charge in [-0.3, -0.25) is 0 Å². The Kier molecular flexibility index (Phi) is 6.17. The van der Waals surface area contributed by atoms with Crippen LogP contribution in [-0.4, -0.2) is 9.97 Å². The van der Waals surface area contributed by atoms with Crippen LogP contribution in [0.1, 0.15) is 0 Å². The maximum atomic E-state index is 4.75. The number of nitrogens with zero attached hydrogens (tertiary/aromatic N) is 2. The van der Waals surface area contributed by atoms with Gasteiger partial charge in [0.2, 0.25) is 0 Å². The summed E-state index contributed by atoms with van der Waals surface area (Å²) in [5, 5.41) is 9.88. The van der Waals surface area contributed by atoms with E-state index >= 15 is 0 Å². The topological polar surface area (TPSA) is 25.8 Å². The van der Waals surface area contributed by atoms with Gasteiger partial charge in [0.1, 0.15) is 0 Å². The lowest BCUT2D eigenvalue weighted by Gasteiger charge is -2.19. The van der Waals surface area contributed by atoms with Crippen molar-refractivity contribution in [2.24, 2.45) is 0 Å². The summed E-state index contributed by atoms with van der Waals surface area (Å²) in [6.07, 6.45) is 3.88. The van der Waals surface area contributed by atoms with Crippen LogP contribution >= 0.6 is 0 Å². The number of fused-ring (bicyclic) bond motifs is 4. The fourth-order valence-corrected chi connectivity index (χ4v) is 6.88. The molecule has 0 saturated heterocycles. The number of benzene rings is 8. The highest BCUT2D eigenvalue weighted by Crippen LogP contribution is 2.45. The molecule has 0 atom stereocenters. The van der Waals surface area contributed by atoms with Crippen molar-refractivity contribution in [3.8, 4) is 44.8 Å². The Morgan fingerprint density at radius 2 is 0.761 bits per heavy atom. The molecule has 0 saturated carbocycles. The van der Waals surface area contributed by atoms with Gasteiger partial charge in [-0.15, -0.1) is 0 Å². The van der Waals surface area contributed by atoms with Crippen LogP contribution in [0.3, 0.4) is 0 Å². The highest BCUT2D eigenvalue weighted by atomic mass is 14.9. The zero-order valence-electron chi connectivity index (χ0n) is 25.1. The lowest BCUT2D eigenvalue weighted by atomic mass is 9.84. The first-order valence-corrected chi connectivity index (χ1v) is 15.6. The molecule has 46 heavy (non-hydrogen) atoms. The average molecular weight is 585 g/mol. The lowest BCUT2D eigenvalue weighted by Crippen LogP contribution is -1.93. The van der Waals surface area contributed by atoms with Gasteiger partial charge in [0.25, 0.3) is 0 Å². The zero-order chi connectivity index (χ0) is 30.5. The first-order valence-electron chi connectivity index (χ1n) is 15.6. The molecule has 0 aliphatic heterocycles. The monoisotopic (exact) mass is 584 g/mol. The fourth-order valence-electron chi connectivity index (χ4n) is 6.88. The Balaban J connectivity index is 1.33. The molecule has 0 unspecified atom stereocenters. The van der Waals surface area contributed by atoms with E-state index in [0.717, 1.165) is 22.5 Å². The molecular formula is C44H28N2. The van der Waals surface area contributed by atoms with E-state index in [0.29, 0.717) is 0 Å². The van der Waals surface area contributed by atoms with Crippen molar-refractivity contribution in [3.05, 3.63) is 170 Å². The SMILES string of the molecule is c1ccc(-c2ncc(-c3ccc4c(-c5ccc6ccccc6c5)c5ccccc5c(-c5ccc6ccccc6c5)c4c3)cn2)cc1. The van der Waals surface area contributed by atoms with Crippen molar-refractivity contribution in [2.45, 2.75) is 0 Å². The minimum absolute atomic E-state index is 0.728. The minimum atomic E-state index is 0.728. The van der Waals surface area contributed by atoms with Crippen molar-refractivity contribution < 1.29 is 0 Å². The molecule has 0 aliphatic rings. The third-order valence-electron chi connectivity index (χ3n) is 9.12. The summed E-state index contributed by atoms with van der Waals surface area (Å²) in [4.78, 5) is 9.51. The van der Waals surface area contributed by atoms with Gasteiger partial charge in [-0.05, 0) is 89.1 Å². The lowest BCUT2D eigenvalue weighted by molar-refractivity contribution is 1.18. The summed E-state index contributed by atoms with van der Waals surface area (Å²) in [5.41, 5.74) is 8.01. The van der Waals surface area contributed by atoms with E-state index in [9.17, 15) is 0 Å². The molecule has 2 heteroatoms. The first-order chi connectivity index (χ1) is 22.8. The number of rotatable bonds is 4. The van der Waals surface area contributed by atoms with E-state index < -0.39 is 0 Å². The second-order valence-corrected chi connectivity index (χ2v) is 11.8. The van der Waals surface area contributed by atoms with E-state index in [1.807, 2.05) is 42.7 Å². The normalized spacial score (nSPS) is 11.5. The summed E-state index contributed by atoms with van der Waals surface area (Å²) in [6.45, 7) is 0. The maximum Gasteiger partial charge on any atom is 0.159 e. The molecule has 9 rings (SSSR count). The molecule has 0 radical (unpaired) electrons. The Morgan fingerprint density at radius 1 is 0.283 bits per heavy atom. The molecule has 0 bridgehead atoms. The predicted molar refractivity (Wildman–Crippen MR) is 194 cm³/mol. The number of hydrogen-bond donors (Lipinski definition) is 0. The van der Waals surface area contributed by atoms with E-state index in [-0.39, 0.29) is 0 Å². The van der Waals surface area contributed by atoms with Crippen LogP contribution in [0.5, 0.6) is 0 Å². The van der Waals surface area contributed by atoms with Crippen LogP contribution in [0.25, 0.3) is 87.9 Å². The molecule has 1 heterocycles. The Bertz CT molecular complexity index is 2570. The third kappa shape index (κ3) is 4.43. The fraction of sp³-hybridized carbons (Fsp3) is 0. The van der Waals surface area contributed by atoms with Gasteiger partial charge < -0.3 is 0 Å². The summed E-state index contributed by atoms with van der Waals surface area (Å²) in [7, 11) is 0. The van der Waals surface area contributed by atoms with Gasteiger partial charge in [-0.2, -0.15) is 0 Å². The Morgan fingerprint density at radius 3 is 1.37 bits per heavy atom. The van der Waals surface area contributed by atoms with Crippen molar-refractivity contribution in [3.63, 3.8) is 0 Å². The molecule has 0 spiro atoms. The molecular weight excluding hydrogens is 556 g/mol. The summed E-state index contributed by atoms with van der Waals surface area (Å²) >= 11 is 0. The van der Waals surface area contributed by atoms with Crippen LogP contribution in [-0.2, 0) is 0 Å². The minimum Gasteiger partial charge on any atom is -0.236 e. The molecule has 1 aromatic heterocycles. The van der Waals surface area contributed by atoms with E-state index in [1.54, 1.807) is 0 Å². The van der Waals surface area contributed by atoms with Crippen LogP contribution in [0.4, 0.5) is 0 Å². The maximum absolute atomic E-state index is 4.75. The van der Waals surface area contributed by atoms with Gasteiger partial charge in [0, 0.05) is 23.5 Å². The largest absolute Gasteiger partial charge is 0.236 e. The highest BCUT2D eigenvalue weighted by molar-refractivity contribution is 6.22. The average Bonchev–Trinajstić information content (AvgIpc) is 3.13. The van der Waals surface area contributed by atoms with Gasteiger partial charge >= 0.3 is 0 Å². The van der Waals surface area contributed by atoms with Crippen LogP contribution in [0, 0.1) is 0 Å². The summed E-state index contributed by atoms with van der Waals surface area (Å²) in [5.74, 6) is 0.728. The summed E-state index contributed by atoms with van der Waals surface area (Å²) in [6, 6.07) is 56.7. The van der Waals surface area contributed by atoms with E-state index in [1.165, 1.54) is 65.3 Å². The predicted octanol–water partition coefficient (Wildman–Crippen LogP) is 11.8. The van der Waals surface area contributed by atoms with Crippen LogP contribution in [0.15, 0.2) is 170 Å². The van der Waals surface area contributed by atoms with Crippen LogP contribution < -0.4 is 0 Å². The zero-order valence-corrected chi connectivity index (χ0v) is 25.1. The highest BCUT2D eigenvalue weighted by Gasteiger charge is 2.18. The smallest absolute Gasteiger partial charge is 0.159 e. The van der Waals surface area contributed by atoms with Crippen molar-refractivity contribution in [1.29, 1.82) is 0 Å². The van der Waals surface area contributed by atoms with Crippen molar-refractivity contribution in [1.82, 2.24) is 9.97 Å². The molecule has 214 valence electrons. The summed E-state index contributed by atoms with van der Waals surface area (Å²) < 4.78 is 0. The molecule has 0 aliphatic carbocycles. The van der Waals surface area contributed by atoms with Gasteiger partial charge in [0.15, 0.2) is 5.82 Å². The number of aromatic nitrogens is 2. The standard InChI is InChI=1S/C44H28N2/c1-2-12-31(13-3-1)44-45-27-37(28-46-44)34-22-23-40-41(26-34)43(36-21-19-30-11-5-7-15-33(30)25-36)39-17-9-8-16-38(39)42(40)35-20-18-29-10-4-6-14-32(29)24-35/h1-28H. The Labute approximate surface area is 267 Å². The molecule has 0 fully saturated rings. The third-order valence-corrected chi connectivity index (χ3v) is 9.12. The second kappa shape index (κ2) is 10.8. The van der Waals surface area contributed by atoms with Gasteiger partial charge in [0.05, 0.1) is 0 Å². The quantitative estimate of drug-likeness (QED) is 0.192. The van der Waals surface area contributed by atoms with E-state index in [2.05, 4.69) is 127 Å². The number of hydrogen-bond acceptors (Lipinski definition) is 2. The molecule has 8 aromatic carbocycles. The second-order valence-electron chi connectivity index (χ2n) is 11.8. The van der Waals surface area contributed by atoms with Crippen molar-refractivity contribution >= 4 is 43.1 Å². The molecule has 0 N–H and O–H groups in total. The van der Waals surface area contributed by atoms with Gasteiger partial charge in [-0.1, -0.05) is 140 Å². The molecule has 2 nitrogen and oxygen atoms in total. The van der Waals surface area contributed by atoms with Crippen molar-refractivity contribution in [2.75, 3.05) is 0 Å².